The zero-order valence-corrected chi connectivity index (χ0v) is 18.2. The van der Waals surface area contributed by atoms with E-state index in [0.717, 1.165) is 36.5 Å². The van der Waals surface area contributed by atoms with Crippen LogP contribution in [-0.2, 0) is 10.0 Å². The normalized spacial score (nSPS) is 35.1. The highest BCUT2D eigenvalue weighted by Crippen LogP contribution is 2.57. The highest BCUT2D eigenvalue weighted by atomic mass is 32.2. The van der Waals surface area contributed by atoms with Gasteiger partial charge in [0.2, 0.25) is 10.0 Å². The van der Waals surface area contributed by atoms with Gasteiger partial charge in [-0.15, -0.1) is 0 Å². The summed E-state index contributed by atoms with van der Waals surface area (Å²) in [6, 6.07) is 6.74. The molecule has 0 N–H and O–H groups in total. The Morgan fingerprint density at radius 3 is 2.03 bits per heavy atom. The monoisotopic (exact) mass is 415 g/mol. The van der Waals surface area contributed by atoms with E-state index in [4.69, 9.17) is 0 Å². The van der Waals surface area contributed by atoms with Crippen LogP contribution in [0.4, 0.5) is 0 Å². The minimum atomic E-state index is -3.45. The molecule has 1 heterocycles. The van der Waals surface area contributed by atoms with Gasteiger partial charge in [0.1, 0.15) is 0 Å². The van der Waals surface area contributed by atoms with E-state index in [9.17, 15) is 13.2 Å². The first-order valence-corrected chi connectivity index (χ1v) is 13.0. The van der Waals surface area contributed by atoms with E-state index >= 15 is 0 Å². The van der Waals surface area contributed by atoms with Gasteiger partial charge in [0.05, 0.1) is 4.90 Å². The molecule has 5 fully saturated rings. The minimum absolute atomic E-state index is 0.193. The van der Waals surface area contributed by atoms with E-state index in [0.29, 0.717) is 41.8 Å². The molecule has 29 heavy (non-hydrogen) atoms. The third-order valence-corrected chi connectivity index (χ3v) is 10.3. The van der Waals surface area contributed by atoms with Crippen LogP contribution >= 0.6 is 0 Å². The van der Waals surface area contributed by atoms with Crippen molar-refractivity contribution in [1.82, 2.24) is 4.31 Å². The van der Waals surface area contributed by atoms with Gasteiger partial charge < -0.3 is 0 Å². The molecule has 0 amide bonds. The number of carbonyl (C=O) groups is 1. The van der Waals surface area contributed by atoms with Crippen molar-refractivity contribution in [2.75, 3.05) is 13.1 Å². The number of hydrogen-bond donors (Lipinski definition) is 0. The van der Waals surface area contributed by atoms with E-state index in [2.05, 4.69) is 6.92 Å². The number of benzene rings is 1. The number of sulfonamides is 1. The van der Waals surface area contributed by atoms with Gasteiger partial charge >= 0.3 is 0 Å². The van der Waals surface area contributed by atoms with Crippen molar-refractivity contribution in [3.8, 4) is 0 Å². The van der Waals surface area contributed by atoms with Crippen LogP contribution in [0, 0.1) is 35.5 Å². The van der Waals surface area contributed by atoms with Crippen molar-refractivity contribution in [1.29, 1.82) is 0 Å². The fourth-order valence-electron chi connectivity index (χ4n) is 6.89. The van der Waals surface area contributed by atoms with E-state index in [1.807, 2.05) is 0 Å². The zero-order valence-electron chi connectivity index (χ0n) is 17.4. The van der Waals surface area contributed by atoms with Gasteiger partial charge in [-0.1, -0.05) is 19.1 Å². The molecule has 4 nitrogen and oxygen atoms in total. The maximum absolute atomic E-state index is 13.0. The fraction of sp³-hybridized carbons (Fsp3) is 0.708. The molecule has 0 unspecified atom stereocenters. The standard InChI is InChI=1S/C24H33NO3S/c1-16-6-8-25(9-7-16)29(27,28)22-4-2-19(3-5-22)24(26)15-23-20-11-17-10-18(13-20)14-21(23)12-17/h2-5,16-18,20-21,23H,6-15H2,1H3. The average molecular weight is 416 g/mol. The molecule has 0 aromatic heterocycles. The van der Waals surface area contributed by atoms with Crippen LogP contribution in [0.15, 0.2) is 29.2 Å². The Balaban J connectivity index is 1.26. The third kappa shape index (κ3) is 3.69. The number of carbonyl (C=O) groups excluding carboxylic acids is 1. The predicted molar refractivity (Wildman–Crippen MR) is 113 cm³/mol. The number of nitrogens with zero attached hydrogens (tertiary/aromatic N) is 1. The second-order valence-corrected chi connectivity index (χ2v) is 12.3. The lowest BCUT2D eigenvalue weighted by molar-refractivity contribution is -0.0366. The molecule has 5 aliphatic rings. The maximum Gasteiger partial charge on any atom is 0.243 e. The molecule has 1 aliphatic heterocycles. The predicted octanol–water partition coefficient (Wildman–Crippen LogP) is 4.75. The largest absolute Gasteiger partial charge is 0.294 e. The molecule has 0 spiro atoms. The van der Waals surface area contributed by atoms with Crippen molar-refractivity contribution in [2.24, 2.45) is 35.5 Å². The van der Waals surface area contributed by atoms with Crippen LogP contribution in [0.1, 0.15) is 68.6 Å². The van der Waals surface area contributed by atoms with Gasteiger partial charge in [0, 0.05) is 25.1 Å². The van der Waals surface area contributed by atoms with Crippen LogP contribution in [0.25, 0.3) is 0 Å². The van der Waals surface area contributed by atoms with Crippen molar-refractivity contribution >= 4 is 15.8 Å². The molecular weight excluding hydrogens is 382 g/mol. The average Bonchev–Trinajstić information content (AvgIpc) is 2.70. The molecule has 1 aromatic carbocycles. The number of ketones is 1. The summed E-state index contributed by atoms with van der Waals surface area (Å²) in [5.41, 5.74) is 0.671. The Morgan fingerprint density at radius 1 is 0.931 bits per heavy atom. The van der Waals surface area contributed by atoms with Gasteiger partial charge in [-0.25, -0.2) is 8.42 Å². The summed E-state index contributed by atoms with van der Waals surface area (Å²) >= 11 is 0. The topological polar surface area (TPSA) is 54.5 Å². The van der Waals surface area contributed by atoms with Crippen molar-refractivity contribution in [2.45, 2.75) is 63.2 Å². The van der Waals surface area contributed by atoms with Crippen LogP contribution in [-0.4, -0.2) is 31.6 Å². The molecule has 4 saturated carbocycles. The second kappa shape index (κ2) is 7.49. The molecule has 0 radical (unpaired) electrons. The second-order valence-electron chi connectivity index (χ2n) is 10.3. The molecule has 1 aromatic rings. The Kier molecular flexibility index (Phi) is 5.10. The lowest BCUT2D eigenvalue weighted by Crippen LogP contribution is -2.45. The van der Waals surface area contributed by atoms with Gasteiger partial charge in [-0.2, -0.15) is 4.31 Å². The molecule has 158 valence electrons. The summed E-state index contributed by atoms with van der Waals surface area (Å²) in [5, 5.41) is 0. The van der Waals surface area contributed by atoms with Crippen LogP contribution in [0.3, 0.4) is 0 Å². The first kappa shape index (κ1) is 19.7. The van der Waals surface area contributed by atoms with Gasteiger partial charge in [-0.05, 0) is 92.6 Å². The number of hydrogen-bond acceptors (Lipinski definition) is 3. The Labute approximate surface area is 175 Å². The first-order chi connectivity index (χ1) is 13.9. The fourth-order valence-corrected chi connectivity index (χ4v) is 8.36. The summed E-state index contributed by atoms with van der Waals surface area (Å²) < 4.78 is 27.4. The highest BCUT2D eigenvalue weighted by Gasteiger charge is 2.48. The smallest absolute Gasteiger partial charge is 0.243 e. The SMILES string of the molecule is CC1CCN(S(=O)(=O)c2ccc(C(=O)CC3C4CC5CC(C4)CC3C5)cc2)CC1. The van der Waals surface area contributed by atoms with Crippen LogP contribution in [0.2, 0.25) is 0 Å². The molecular formula is C24H33NO3S. The summed E-state index contributed by atoms with van der Waals surface area (Å²) in [6.45, 7) is 3.36. The zero-order chi connectivity index (χ0) is 20.2. The number of piperidine rings is 1. The summed E-state index contributed by atoms with van der Waals surface area (Å²) in [6.07, 6.45) is 9.23. The van der Waals surface area contributed by atoms with Crippen molar-refractivity contribution in [3.05, 3.63) is 29.8 Å². The maximum atomic E-state index is 13.0. The molecule has 4 aliphatic carbocycles. The van der Waals surface area contributed by atoms with Gasteiger partial charge in [0.25, 0.3) is 0 Å². The van der Waals surface area contributed by atoms with Crippen LogP contribution < -0.4 is 0 Å². The Bertz CT molecular complexity index is 840. The molecule has 4 bridgehead atoms. The molecule has 5 heteroatoms. The van der Waals surface area contributed by atoms with E-state index < -0.39 is 10.0 Å². The Hall–Kier alpha value is -1.20. The molecule has 6 rings (SSSR count). The Morgan fingerprint density at radius 2 is 1.48 bits per heavy atom. The summed E-state index contributed by atoms with van der Waals surface area (Å²) in [4.78, 5) is 13.3. The summed E-state index contributed by atoms with van der Waals surface area (Å²) in [7, 11) is -3.45. The first-order valence-electron chi connectivity index (χ1n) is 11.5. The van der Waals surface area contributed by atoms with E-state index in [1.165, 1.54) is 32.1 Å². The van der Waals surface area contributed by atoms with Gasteiger partial charge in [0.15, 0.2) is 5.78 Å². The van der Waals surface area contributed by atoms with E-state index in [-0.39, 0.29) is 5.78 Å². The lowest BCUT2D eigenvalue weighted by atomic mass is 9.51. The van der Waals surface area contributed by atoms with Crippen molar-refractivity contribution in [3.63, 3.8) is 0 Å². The van der Waals surface area contributed by atoms with Crippen molar-refractivity contribution < 1.29 is 13.2 Å². The quantitative estimate of drug-likeness (QED) is 0.652. The van der Waals surface area contributed by atoms with Gasteiger partial charge in [-0.3, -0.25) is 4.79 Å². The number of rotatable bonds is 5. The highest BCUT2D eigenvalue weighted by molar-refractivity contribution is 7.89. The van der Waals surface area contributed by atoms with Crippen LogP contribution in [0.5, 0.6) is 0 Å². The third-order valence-electron chi connectivity index (χ3n) is 8.40. The molecule has 0 atom stereocenters. The minimum Gasteiger partial charge on any atom is -0.294 e. The summed E-state index contributed by atoms with van der Waals surface area (Å²) in [5.74, 6) is 4.67. The van der Waals surface area contributed by atoms with E-state index in [1.54, 1.807) is 28.6 Å². The number of Topliss-reactive ketones (excluding diaryl/α,β-unsaturated/α-hetero) is 1. The molecule has 1 saturated heterocycles. The lowest BCUT2D eigenvalue weighted by Gasteiger charge is -2.54.